The van der Waals surface area contributed by atoms with E-state index in [4.69, 9.17) is 9.47 Å². The third-order valence-electron chi connectivity index (χ3n) is 2.53. The van der Waals surface area contributed by atoms with Crippen molar-refractivity contribution in [3.05, 3.63) is 17.8 Å². The van der Waals surface area contributed by atoms with Gasteiger partial charge in [-0.1, -0.05) is 0 Å². The van der Waals surface area contributed by atoms with Crippen molar-refractivity contribution in [2.45, 2.75) is 0 Å². The third kappa shape index (κ3) is 3.33. The molecular weight excluding hydrogens is 234 g/mol. The van der Waals surface area contributed by atoms with E-state index in [1.54, 1.807) is 39.3 Å². The number of hydrogen-bond acceptors (Lipinski definition) is 5. The first-order valence-electron chi connectivity index (χ1n) is 5.60. The summed E-state index contributed by atoms with van der Waals surface area (Å²) in [4.78, 5) is 17.8. The highest BCUT2D eigenvalue weighted by Gasteiger charge is 2.14. The zero-order valence-electron chi connectivity index (χ0n) is 11.2. The van der Waals surface area contributed by atoms with Gasteiger partial charge in [0.05, 0.1) is 19.3 Å². The predicted octanol–water partition coefficient (Wildman–Crippen LogP) is 0.850. The van der Waals surface area contributed by atoms with Gasteiger partial charge in [-0.2, -0.15) is 0 Å². The van der Waals surface area contributed by atoms with Gasteiger partial charge in [-0.15, -0.1) is 0 Å². The van der Waals surface area contributed by atoms with Crippen molar-refractivity contribution >= 4 is 11.7 Å². The van der Waals surface area contributed by atoms with Crippen LogP contribution in [0.3, 0.4) is 0 Å². The molecule has 0 atom stereocenters. The normalized spacial score (nSPS) is 10.0. The molecule has 0 aliphatic carbocycles. The van der Waals surface area contributed by atoms with Crippen molar-refractivity contribution in [1.82, 2.24) is 9.88 Å². The molecule has 0 radical (unpaired) electrons. The lowest BCUT2D eigenvalue weighted by molar-refractivity contribution is 0.0743. The van der Waals surface area contributed by atoms with Gasteiger partial charge in [-0.05, 0) is 6.07 Å². The van der Waals surface area contributed by atoms with E-state index in [0.717, 1.165) is 0 Å². The Labute approximate surface area is 107 Å². The zero-order chi connectivity index (χ0) is 13.5. The first-order valence-corrected chi connectivity index (χ1v) is 5.60. The molecule has 0 spiro atoms. The second-order valence-electron chi connectivity index (χ2n) is 3.74. The van der Waals surface area contributed by atoms with Crippen molar-refractivity contribution in [3.63, 3.8) is 0 Å². The number of amides is 1. The summed E-state index contributed by atoms with van der Waals surface area (Å²) in [6.07, 6.45) is 1.53. The number of pyridine rings is 1. The number of aromatic nitrogens is 1. The van der Waals surface area contributed by atoms with Gasteiger partial charge in [0.25, 0.3) is 5.91 Å². The van der Waals surface area contributed by atoms with Gasteiger partial charge < -0.3 is 19.7 Å². The summed E-state index contributed by atoms with van der Waals surface area (Å²) >= 11 is 0. The third-order valence-corrected chi connectivity index (χ3v) is 2.53. The summed E-state index contributed by atoms with van der Waals surface area (Å²) in [6, 6.07) is 1.67. The summed E-state index contributed by atoms with van der Waals surface area (Å²) in [5, 5.41) is 2.90. The van der Waals surface area contributed by atoms with Crippen molar-refractivity contribution in [3.8, 4) is 5.75 Å². The zero-order valence-corrected chi connectivity index (χ0v) is 11.2. The first-order chi connectivity index (χ1) is 8.63. The van der Waals surface area contributed by atoms with Crippen LogP contribution < -0.4 is 10.1 Å². The second kappa shape index (κ2) is 6.80. The van der Waals surface area contributed by atoms with Gasteiger partial charge in [0, 0.05) is 33.9 Å². The molecule has 0 fully saturated rings. The lowest BCUT2D eigenvalue weighted by Gasteiger charge is -2.17. The van der Waals surface area contributed by atoms with Crippen LogP contribution in [0, 0.1) is 0 Å². The van der Waals surface area contributed by atoms with E-state index in [1.165, 1.54) is 6.20 Å². The maximum absolute atomic E-state index is 12.1. The van der Waals surface area contributed by atoms with Crippen LogP contribution in [0.25, 0.3) is 0 Å². The molecule has 100 valence electrons. The molecule has 1 heterocycles. The molecule has 1 aromatic rings. The predicted molar refractivity (Wildman–Crippen MR) is 69.2 cm³/mol. The fourth-order valence-electron chi connectivity index (χ4n) is 1.46. The van der Waals surface area contributed by atoms with Crippen molar-refractivity contribution in [2.24, 2.45) is 0 Å². The Morgan fingerprint density at radius 1 is 1.50 bits per heavy atom. The van der Waals surface area contributed by atoms with Gasteiger partial charge in [0.2, 0.25) is 0 Å². The number of nitrogens with zero attached hydrogens (tertiary/aromatic N) is 2. The molecule has 0 unspecified atom stereocenters. The van der Waals surface area contributed by atoms with Gasteiger partial charge >= 0.3 is 0 Å². The van der Waals surface area contributed by atoms with Gasteiger partial charge in [0.15, 0.2) is 11.6 Å². The summed E-state index contributed by atoms with van der Waals surface area (Å²) in [5.74, 6) is 1.04. The molecule has 1 N–H and O–H groups in total. The average Bonchev–Trinajstić information content (AvgIpc) is 2.42. The Morgan fingerprint density at radius 2 is 2.22 bits per heavy atom. The molecule has 0 bridgehead atoms. The molecule has 6 nitrogen and oxygen atoms in total. The smallest absolute Gasteiger partial charge is 0.255 e. The van der Waals surface area contributed by atoms with Crippen LogP contribution in [0.1, 0.15) is 10.4 Å². The molecule has 0 saturated heterocycles. The molecular formula is C12H19N3O3. The SMILES string of the molecule is CNc1ncc(C(=O)N(C)CCOC)cc1OC. The number of anilines is 1. The van der Waals surface area contributed by atoms with Crippen molar-refractivity contribution < 1.29 is 14.3 Å². The minimum absolute atomic E-state index is 0.111. The lowest BCUT2D eigenvalue weighted by Crippen LogP contribution is -2.30. The van der Waals surface area contributed by atoms with E-state index >= 15 is 0 Å². The van der Waals surface area contributed by atoms with E-state index in [2.05, 4.69) is 10.3 Å². The summed E-state index contributed by atoms with van der Waals surface area (Å²) in [6.45, 7) is 1.03. The Kier molecular flexibility index (Phi) is 5.38. The van der Waals surface area contributed by atoms with E-state index < -0.39 is 0 Å². The molecule has 0 saturated carbocycles. The Hall–Kier alpha value is -1.82. The van der Waals surface area contributed by atoms with Crippen LogP contribution in [0.5, 0.6) is 5.75 Å². The van der Waals surface area contributed by atoms with Crippen molar-refractivity contribution in [2.75, 3.05) is 46.8 Å². The summed E-state index contributed by atoms with van der Waals surface area (Å²) < 4.78 is 10.1. The number of carbonyl (C=O) groups excluding carboxylic acids is 1. The van der Waals surface area contributed by atoms with Crippen LogP contribution in [0.15, 0.2) is 12.3 Å². The van der Waals surface area contributed by atoms with Crippen LogP contribution in [-0.4, -0.2) is 57.3 Å². The van der Waals surface area contributed by atoms with Crippen LogP contribution in [0.2, 0.25) is 0 Å². The first kappa shape index (κ1) is 14.2. The number of rotatable bonds is 6. The fourth-order valence-corrected chi connectivity index (χ4v) is 1.46. The molecule has 1 rings (SSSR count). The van der Waals surface area contributed by atoms with E-state index in [9.17, 15) is 4.79 Å². The molecule has 0 aromatic carbocycles. The van der Waals surface area contributed by atoms with E-state index in [1.807, 2.05) is 0 Å². The monoisotopic (exact) mass is 253 g/mol. The topological polar surface area (TPSA) is 63.7 Å². The average molecular weight is 253 g/mol. The molecule has 18 heavy (non-hydrogen) atoms. The van der Waals surface area contributed by atoms with Gasteiger partial charge in [-0.25, -0.2) is 4.98 Å². The van der Waals surface area contributed by atoms with Crippen molar-refractivity contribution in [1.29, 1.82) is 0 Å². The largest absolute Gasteiger partial charge is 0.493 e. The molecule has 1 amide bonds. The quantitative estimate of drug-likeness (QED) is 0.814. The lowest BCUT2D eigenvalue weighted by atomic mass is 10.2. The fraction of sp³-hybridized carbons (Fsp3) is 0.500. The Bertz CT molecular complexity index is 410. The number of ether oxygens (including phenoxy) is 2. The van der Waals surface area contributed by atoms with Gasteiger partial charge in [0.1, 0.15) is 0 Å². The standard InChI is InChI=1S/C12H19N3O3/c1-13-11-10(18-4)7-9(8-14-11)12(16)15(2)5-6-17-3/h7-8H,5-6H2,1-4H3,(H,13,14). The Morgan fingerprint density at radius 3 is 2.78 bits per heavy atom. The molecule has 1 aromatic heterocycles. The number of likely N-dealkylation sites (N-methyl/N-ethyl adjacent to an activating group) is 1. The second-order valence-corrected chi connectivity index (χ2v) is 3.74. The minimum Gasteiger partial charge on any atom is -0.493 e. The highest BCUT2D eigenvalue weighted by molar-refractivity contribution is 5.94. The van der Waals surface area contributed by atoms with Gasteiger partial charge in [-0.3, -0.25) is 4.79 Å². The number of nitrogens with one attached hydrogen (secondary N) is 1. The van der Waals surface area contributed by atoms with E-state index in [0.29, 0.717) is 30.3 Å². The highest BCUT2D eigenvalue weighted by atomic mass is 16.5. The minimum atomic E-state index is -0.111. The maximum Gasteiger partial charge on any atom is 0.255 e. The number of hydrogen-bond donors (Lipinski definition) is 1. The summed E-state index contributed by atoms with van der Waals surface area (Å²) in [7, 11) is 6.61. The van der Waals surface area contributed by atoms with Crippen LogP contribution in [-0.2, 0) is 4.74 Å². The summed E-state index contributed by atoms with van der Waals surface area (Å²) in [5.41, 5.74) is 0.490. The number of methoxy groups -OCH3 is 2. The maximum atomic E-state index is 12.1. The number of carbonyl (C=O) groups is 1. The Balaban J connectivity index is 2.86. The molecule has 0 aliphatic heterocycles. The van der Waals surface area contributed by atoms with Crippen LogP contribution >= 0.6 is 0 Å². The molecule has 0 aliphatic rings. The highest BCUT2D eigenvalue weighted by Crippen LogP contribution is 2.22. The molecule has 6 heteroatoms. The van der Waals surface area contributed by atoms with Crippen LogP contribution in [0.4, 0.5) is 5.82 Å². The van der Waals surface area contributed by atoms with E-state index in [-0.39, 0.29) is 5.91 Å².